The third-order valence-electron chi connectivity index (χ3n) is 4.49. The summed E-state index contributed by atoms with van der Waals surface area (Å²) < 4.78 is 5.82. The van der Waals surface area contributed by atoms with E-state index in [9.17, 15) is 10.2 Å². The number of aliphatic hydroxyl groups is 2. The second kappa shape index (κ2) is 6.95. The van der Waals surface area contributed by atoms with E-state index in [4.69, 9.17) is 4.74 Å². The Morgan fingerprint density at radius 3 is 2.35 bits per heavy atom. The second-order valence-electron chi connectivity index (χ2n) is 5.69. The molecule has 1 aliphatic heterocycles. The molecule has 0 aromatic heterocycles. The van der Waals surface area contributed by atoms with Gasteiger partial charge in [-0.25, -0.2) is 0 Å². The maximum atomic E-state index is 9.71. The fourth-order valence-corrected chi connectivity index (χ4v) is 4.86. The smallest absolute Gasteiger partial charge is 0.133 e. The highest BCUT2D eigenvalue weighted by atomic mass is 32.2. The van der Waals surface area contributed by atoms with Crippen molar-refractivity contribution >= 4 is 11.8 Å². The Labute approximate surface area is 141 Å². The average Bonchev–Trinajstić information content (AvgIpc) is 2.57. The fourth-order valence-electron chi connectivity index (χ4n) is 3.52. The van der Waals surface area contributed by atoms with Gasteiger partial charge in [-0.15, -0.1) is 0 Å². The first kappa shape index (κ1) is 16.4. The molecule has 0 radical (unpaired) electrons. The van der Waals surface area contributed by atoms with E-state index in [-0.39, 0.29) is 18.6 Å². The van der Waals surface area contributed by atoms with Gasteiger partial charge in [0, 0.05) is 23.5 Å². The molecular weight excluding hydrogens is 308 g/mol. The molecule has 0 saturated heterocycles. The topological polar surface area (TPSA) is 49.7 Å². The van der Waals surface area contributed by atoms with Gasteiger partial charge < -0.3 is 14.9 Å². The molecule has 2 aromatic carbocycles. The van der Waals surface area contributed by atoms with Crippen LogP contribution in [0.5, 0.6) is 5.75 Å². The Morgan fingerprint density at radius 2 is 1.65 bits per heavy atom. The van der Waals surface area contributed by atoms with Gasteiger partial charge in [0.1, 0.15) is 5.75 Å². The Bertz CT molecular complexity index is 678. The van der Waals surface area contributed by atoms with Gasteiger partial charge >= 0.3 is 0 Å². The first-order valence-electron chi connectivity index (χ1n) is 8.02. The summed E-state index contributed by atoms with van der Waals surface area (Å²) in [6, 6.07) is 14.4. The van der Waals surface area contributed by atoms with Crippen LogP contribution in [-0.2, 0) is 5.41 Å². The lowest BCUT2D eigenvalue weighted by Crippen LogP contribution is -2.33. The third kappa shape index (κ3) is 2.75. The van der Waals surface area contributed by atoms with E-state index in [1.54, 1.807) is 11.8 Å². The highest BCUT2D eigenvalue weighted by molar-refractivity contribution is 7.99. The largest absolute Gasteiger partial charge is 0.493 e. The number of hydrogen-bond donors (Lipinski definition) is 2. The standard InChI is InChI=1S/C19H22O3S/c1-2-22-16-8-5-7-15-18(16)23-17-9-4-3-6-14(17)19(15,10-12-20)11-13-21/h3-9,20-21H,2,10-13H2,1H3. The number of ether oxygens (including phenoxy) is 1. The van der Waals surface area contributed by atoms with Crippen LogP contribution in [0.25, 0.3) is 0 Å². The summed E-state index contributed by atoms with van der Waals surface area (Å²) in [5.41, 5.74) is 1.97. The molecule has 23 heavy (non-hydrogen) atoms. The van der Waals surface area contributed by atoms with Crippen LogP contribution >= 0.6 is 11.8 Å². The van der Waals surface area contributed by atoms with Crippen molar-refractivity contribution in [3.8, 4) is 5.75 Å². The van der Waals surface area contributed by atoms with Crippen LogP contribution in [0.15, 0.2) is 52.3 Å². The summed E-state index contributed by atoms with van der Waals surface area (Å²) >= 11 is 1.71. The van der Waals surface area contributed by atoms with E-state index in [0.717, 1.165) is 16.2 Å². The minimum Gasteiger partial charge on any atom is -0.493 e. The van der Waals surface area contributed by atoms with E-state index < -0.39 is 0 Å². The molecule has 0 unspecified atom stereocenters. The maximum Gasteiger partial charge on any atom is 0.133 e. The van der Waals surface area contributed by atoms with Crippen molar-refractivity contribution in [2.45, 2.75) is 35.0 Å². The van der Waals surface area contributed by atoms with Crippen molar-refractivity contribution in [3.05, 3.63) is 53.6 Å². The minimum atomic E-state index is -0.367. The van der Waals surface area contributed by atoms with Crippen LogP contribution < -0.4 is 4.74 Å². The second-order valence-corrected chi connectivity index (χ2v) is 6.75. The molecule has 3 rings (SSSR count). The molecule has 0 amide bonds. The highest BCUT2D eigenvalue weighted by Crippen LogP contribution is 2.54. The van der Waals surface area contributed by atoms with Crippen LogP contribution in [0.1, 0.15) is 30.9 Å². The molecule has 122 valence electrons. The molecule has 0 atom stereocenters. The first-order chi connectivity index (χ1) is 11.3. The van der Waals surface area contributed by atoms with Crippen LogP contribution in [0, 0.1) is 0 Å². The number of fused-ring (bicyclic) bond motifs is 2. The van der Waals surface area contributed by atoms with Crippen molar-refractivity contribution in [1.29, 1.82) is 0 Å². The molecule has 2 aromatic rings. The van der Waals surface area contributed by atoms with E-state index >= 15 is 0 Å². The zero-order valence-corrected chi connectivity index (χ0v) is 14.1. The monoisotopic (exact) mass is 330 g/mol. The summed E-state index contributed by atoms with van der Waals surface area (Å²) in [5.74, 6) is 0.879. The summed E-state index contributed by atoms with van der Waals surface area (Å²) in [6.45, 7) is 2.76. The van der Waals surface area contributed by atoms with Gasteiger partial charge in [0.25, 0.3) is 0 Å². The van der Waals surface area contributed by atoms with Crippen LogP contribution in [0.4, 0.5) is 0 Å². The Balaban J connectivity index is 2.25. The van der Waals surface area contributed by atoms with Crippen LogP contribution in [-0.4, -0.2) is 30.0 Å². The van der Waals surface area contributed by atoms with Gasteiger partial charge in [-0.05, 0) is 43.0 Å². The predicted octanol–water partition coefficient (Wildman–Crippen LogP) is 3.60. The summed E-state index contributed by atoms with van der Waals surface area (Å²) in [5, 5.41) is 19.4. The first-order valence-corrected chi connectivity index (χ1v) is 8.84. The zero-order chi connectivity index (χ0) is 16.3. The lowest BCUT2D eigenvalue weighted by atomic mass is 9.69. The molecule has 0 spiro atoms. The van der Waals surface area contributed by atoms with E-state index in [1.807, 2.05) is 31.2 Å². The lowest BCUT2D eigenvalue weighted by molar-refractivity contribution is 0.206. The van der Waals surface area contributed by atoms with Crippen molar-refractivity contribution in [3.63, 3.8) is 0 Å². The van der Waals surface area contributed by atoms with Gasteiger partial charge in [-0.1, -0.05) is 42.1 Å². The van der Waals surface area contributed by atoms with E-state index in [1.165, 1.54) is 10.5 Å². The lowest BCUT2D eigenvalue weighted by Gasteiger charge is -2.40. The van der Waals surface area contributed by atoms with Crippen molar-refractivity contribution in [2.24, 2.45) is 0 Å². The molecular formula is C19H22O3S. The normalized spacial score (nSPS) is 14.9. The molecule has 1 heterocycles. The van der Waals surface area contributed by atoms with E-state index in [2.05, 4.69) is 18.2 Å². The quantitative estimate of drug-likeness (QED) is 0.850. The molecule has 4 heteroatoms. The third-order valence-corrected chi connectivity index (χ3v) is 5.69. The average molecular weight is 330 g/mol. The molecule has 2 N–H and O–H groups in total. The van der Waals surface area contributed by atoms with Gasteiger partial charge in [0.15, 0.2) is 0 Å². The van der Waals surface area contributed by atoms with Crippen LogP contribution in [0.2, 0.25) is 0 Å². The van der Waals surface area contributed by atoms with Crippen molar-refractivity contribution in [1.82, 2.24) is 0 Å². The zero-order valence-electron chi connectivity index (χ0n) is 13.3. The molecule has 1 aliphatic rings. The van der Waals surface area contributed by atoms with Gasteiger partial charge in [0.2, 0.25) is 0 Å². The molecule has 0 fully saturated rings. The Hall–Kier alpha value is -1.49. The number of rotatable bonds is 6. The maximum absolute atomic E-state index is 9.71. The molecule has 0 saturated carbocycles. The van der Waals surface area contributed by atoms with Crippen LogP contribution in [0.3, 0.4) is 0 Å². The van der Waals surface area contributed by atoms with Gasteiger partial charge in [-0.3, -0.25) is 0 Å². The van der Waals surface area contributed by atoms with Gasteiger partial charge in [0.05, 0.1) is 11.5 Å². The minimum absolute atomic E-state index is 0.0807. The molecule has 0 bridgehead atoms. The van der Waals surface area contributed by atoms with Gasteiger partial charge in [-0.2, -0.15) is 0 Å². The summed E-state index contributed by atoms with van der Waals surface area (Å²) in [6.07, 6.45) is 1.18. The van der Waals surface area contributed by atoms with Crippen molar-refractivity contribution in [2.75, 3.05) is 19.8 Å². The summed E-state index contributed by atoms with van der Waals surface area (Å²) in [7, 11) is 0. The summed E-state index contributed by atoms with van der Waals surface area (Å²) in [4.78, 5) is 2.28. The SMILES string of the molecule is CCOc1cccc2c1Sc1ccccc1C2(CCO)CCO. The number of hydrogen-bond acceptors (Lipinski definition) is 4. The Kier molecular flexibility index (Phi) is 4.95. The fraction of sp³-hybridized carbons (Fsp3) is 0.368. The molecule has 3 nitrogen and oxygen atoms in total. The predicted molar refractivity (Wildman–Crippen MR) is 92.4 cm³/mol. The number of benzene rings is 2. The van der Waals surface area contributed by atoms with E-state index in [0.29, 0.717) is 19.4 Å². The van der Waals surface area contributed by atoms with Crippen molar-refractivity contribution < 1.29 is 14.9 Å². The molecule has 0 aliphatic carbocycles. The Morgan fingerprint density at radius 1 is 0.957 bits per heavy atom. The highest BCUT2D eigenvalue weighted by Gasteiger charge is 2.41. The number of aliphatic hydroxyl groups excluding tert-OH is 2.